The zero-order valence-corrected chi connectivity index (χ0v) is 16.8. The monoisotopic (exact) mass is 439 g/mol. The van der Waals surface area contributed by atoms with Crippen molar-refractivity contribution in [3.63, 3.8) is 0 Å². The molecule has 1 aliphatic carbocycles. The summed E-state index contributed by atoms with van der Waals surface area (Å²) in [6.07, 6.45) is 12.0. The summed E-state index contributed by atoms with van der Waals surface area (Å²) in [6.45, 7) is 3.61. The van der Waals surface area contributed by atoms with Gasteiger partial charge >= 0.3 is 0 Å². The van der Waals surface area contributed by atoms with Crippen molar-refractivity contribution in [2.45, 2.75) is 70.0 Å². The van der Waals surface area contributed by atoms with Gasteiger partial charge in [-0.25, -0.2) is 0 Å². The third-order valence-electron chi connectivity index (χ3n) is 4.53. The van der Waals surface area contributed by atoms with E-state index in [1.54, 1.807) is 0 Å². The standard InChI is InChI=1S/C17H33N3O2.HI/c1-18-17(20-12-10-16-9-5-13-21-16)19-11-6-14-22-15-7-3-2-4-8-15;/h15-16H,2-14H2,1H3,(H2,18,19,20);1H. The Balaban J connectivity index is 0.00000264. The predicted octanol–water partition coefficient (Wildman–Crippen LogP) is 3.08. The summed E-state index contributed by atoms with van der Waals surface area (Å²) in [6, 6.07) is 0. The maximum atomic E-state index is 5.93. The van der Waals surface area contributed by atoms with Gasteiger partial charge < -0.3 is 20.1 Å². The first kappa shape index (κ1) is 21.0. The van der Waals surface area contributed by atoms with Gasteiger partial charge in [-0.05, 0) is 38.5 Å². The summed E-state index contributed by atoms with van der Waals surface area (Å²) in [7, 11) is 1.82. The Bertz CT molecular complexity index is 317. The van der Waals surface area contributed by atoms with Crippen LogP contribution in [0.15, 0.2) is 4.99 Å². The zero-order chi connectivity index (χ0) is 15.5. The fourth-order valence-electron chi connectivity index (χ4n) is 3.20. The van der Waals surface area contributed by atoms with Crippen LogP contribution in [0.5, 0.6) is 0 Å². The minimum absolute atomic E-state index is 0. The summed E-state index contributed by atoms with van der Waals surface area (Å²) >= 11 is 0. The first-order valence-electron chi connectivity index (χ1n) is 9.06. The van der Waals surface area contributed by atoms with Crippen molar-refractivity contribution in [3.05, 3.63) is 0 Å². The molecule has 1 aliphatic heterocycles. The molecule has 136 valence electrons. The summed E-state index contributed by atoms with van der Waals surface area (Å²) < 4.78 is 11.6. The SMILES string of the molecule is CN=C(NCCCOC1CCCCC1)NCCC1CCCO1.I. The minimum atomic E-state index is 0. The van der Waals surface area contributed by atoms with Crippen molar-refractivity contribution in [1.29, 1.82) is 0 Å². The van der Waals surface area contributed by atoms with Crippen LogP contribution in [0.4, 0.5) is 0 Å². The van der Waals surface area contributed by atoms with E-state index in [9.17, 15) is 0 Å². The molecular weight excluding hydrogens is 405 g/mol. The van der Waals surface area contributed by atoms with Gasteiger partial charge in [-0.2, -0.15) is 0 Å². The van der Waals surface area contributed by atoms with Crippen LogP contribution in [-0.2, 0) is 9.47 Å². The van der Waals surface area contributed by atoms with Gasteiger partial charge in [0, 0.05) is 33.4 Å². The van der Waals surface area contributed by atoms with Gasteiger partial charge in [0.2, 0.25) is 0 Å². The molecule has 1 saturated carbocycles. The van der Waals surface area contributed by atoms with E-state index >= 15 is 0 Å². The number of nitrogens with one attached hydrogen (secondary N) is 2. The van der Waals surface area contributed by atoms with Gasteiger partial charge in [-0.1, -0.05) is 19.3 Å². The van der Waals surface area contributed by atoms with Crippen molar-refractivity contribution in [1.82, 2.24) is 10.6 Å². The number of ether oxygens (including phenoxy) is 2. The average molecular weight is 439 g/mol. The lowest BCUT2D eigenvalue weighted by atomic mass is 9.98. The molecule has 1 atom stereocenters. The summed E-state index contributed by atoms with van der Waals surface area (Å²) in [5, 5.41) is 6.71. The smallest absolute Gasteiger partial charge is 0.190 e. The van der Waals surface area contributed by atoms with Crippen molar-refractivity contribution in [2.24, 2.45) is 4.99 Å². The summed E-state index contributed by atoms with van der Waals surface area (Å²) in [5.41, 5.74) is 0. The molecule has 0 aromatic rings. The highest BCUT2D eigenvalue weighted by atomic mass is 127. The molecule has 23 heavy (non-hydrogen) atoms. The molecule has 1 saturated heterocycles. The molecule has 5 nitrogen and oxygen atoms in total. The minimum Gasteiger partial charge on any atom is -0.378 e. The van der Waals surface area contributed by atoms with Crippen LogP contribution >= 0.6 is 24.0 Å². The quantitative estimate of drug-likeness (QED) is 0.264. The molecule has 0 amide bonds. The van der Waals surface area contributed by atoms with Crippen LogP contribution in [-0.4, -0.2) is 51.5 Å². The Kier molecular flexibility index (Phi) is 12.1. The van der Waals surface area contributed by atoms with Gasteiger partial charge in [0.25, 0.3) is 0 Å². The third-order valence-corrected chi connectivity index (χ3v) is 4.53. The Hall–Kier alpha value is -0.0800. The third kappa shape index (κ3) is 9.10. The van der Waals surface area contributed by atoms with E-state index in [4.69, 9.17) is 9.47 Å². The van der Waals surface area contributed by atoms with Crippen LogP contribution in [0.3, 0.4) is 0 Å². The van der Waals surface area contributed by atoms with Gasteiger partial charge in [-0.3, -0.25) is 4.99 Å². The number of hydrogen-bond donors (Lipinski definition) is 2. The Morgan fingerprint density at radius 3 is 2.57 bits per heavy atom. The molecule has 0 radical (unpaired) electrons. The number of halogens is 1. The predicted molar refractivity (Wildman–Crippen MR) is 106 cm³/mol. The van der Waals surface area contributed by atoms with Gasteiger partial charge in [0.1, 0.15) is 0 Å². The molecule has 0 aromatic heterocycles. The second kappa shape index (κ2) is 13.2. The van der Waals surface area contributed by atoms with E-state index in [1.807, 2.05) is 7.05 Å². The molecule has 1 heterocycles. The number of hydrogen-bond acceptors (Lipinski definition) is 3. The summed E-state index contributed by atoms with van der Waals surface area (Å²) in [5.74, 6) is 0.885. The van der Waals surface area contributed by atoms with E-state index in [0.29, 0.717) is 12.2 Å². The lowest BCUT2D eigenvalue weighted by molar-refractivity contribution is 0.0277. The molecule has 2 rings (SSSR count). The van der Waals surface area contributed by atoms with E-state index in [2.05, 4.69) is 15.6 Å². The highest BCUT2D eigenvalue weighted by molar-refractivity contribution is 14.0. The van der Waals surface area contributed by atoms with Gasteiger partial charge in [0.15, 0.2) is 5.96 Å². The highest BCUT2D eigenvalue weighted by Crippen LogP contribution is 2.20. The maximum absolute atomic E-state index is 5.93. The van der Waals surface area contributed by atoms with Crippen LogP contribution in [0, 0.1) is 0 Å². The van der Waals surface area contributed by atoms with Crippen molar-refractivity contribution in [2.75, 3.05) is 33.4 Å². The molecule has 6 heteroatoms. The van der Waals surface area contributed by atoms with E-state index in [1.165, 1.54) is 44.9 Å². The molecule has 1 unspecified atom stereocenters. The Labute approximate surface area is 158 Å². The largest absolute Gasteiger partial charge is 0.378 e. The first-order chi connectivity index (χ1) is 10.9. The van der Waals surface area contributed by atoms with Gasteiger partial charge in [-0.15, -0.1) is 24.0 Å². The topological polar surface area (TPSA) is 54.9 Å². The second-order valence-electron chi connectivity index (χ2n) is 6.33. The molecule has 2 aliphatic rings. The molecule has 0 spiro atoms. The number of guanidine groups is 1. The first-order valence-corrected chi connectivity index (χ1v) is 9.06. The molecule has 2 fully saturated rings. The number of aliphatic imine (C=N–C) groups is 1. The fraction of sp³-hybridized carbons (Fsp3) is 0.941. The van der Waals surface area contributed by atoms with Crippen molar-refractivity contribution >= 4 is 29.9 Å². The Morgan fingerprint density at radius 1 is 1.09 bits per heavy atom. The fourth-order valence-corrected chi connectivity index (χ4v) is 3.20. The van der Waals surface area contributed by atoms with Crippen LogP contribution < -0.4 is 10.6 Å². The van der Waals surface area contributed by atoms with Crippen LogP contribution in [0.2, 0.25) is 0 Å². The van der Waals surface area contributed by atoms with Crippen molar-refractivity contribution < 1.29 is 9.47 Å². The lowest BCUT2D eigenvalue weighted by Gasteiger charge is -2.22. The lowest BCUT2D eigenvalue weighted by Crippen LogP contribution is -2.39. The molecule has 0 bridgehead atoms. The van der Waals surface area contributed by atoms with E-state index < -0.39 is 0 Å². The van der Waals surface area contributed by atoms with Crippen molar-refractivity contribution in [3.8, 4) is 0 Å². The molecular formula is C17H34IN3O2. The average Bonchev–Trinajstić information content (AvgIpc) is 3.07. The maximum Gasteiger partial charge on any atom is 0.190 e. The van der Waals surface area contributed by atoms with E-state index in [0.717, 1.165) is 45.1 Å². The molecule has 2 N–H and O–H groups in total. The number of nitrogens with zero attached hydrogens (tertiary/aromatic N) is 1. The number of rotatable bonds is 8. The summed E-state index contributed by atoms with van der Waals surface area (Å²) in [4.78, 5) is 4.25. The van der Waals surface area contributed by atoms with Crippen LogP contribution in [0.25, 0.3) is 0 Å². The second-order valence-corrected chi connectivity index (χ2v) is 6.33. The highest BCUT2D eigenvalue weighted by Gasteiger charge is 2.15. The molecule has 0 aromatic carbocycles. The Morgan fingerprint density at radius 2 is 1.87 bits per heavy atom. The van der Waals surface area contributed by atoms with E-state index in [-0.39, 0.29) is 24.0 Å². The van der Waals surface area contributed by atoms with Crippen LogP contribution in [0.1, 0.15) is 57.8 Å². The normalized spacial score (nSPS) is 22.7. The zero-order valence-electron chi connectivity index (χ0n) is 14.5. The van der Waals surface area contributed by atoms with Gasteiger partial charge in [0.05, 0.1) is 12.2 Å².